The van der Waals surface area contributed by atoms with Crippen molar-refractivity contribution in [3.63, 3.8) is 0 Å². The minimum absolute atomic E-state index is 0.0143. The zero-order valence-corrected chi connectivity index (χ0v) is 7.78. The average Bonchev–Trinajstić information content (AvgIpc) is 1.94. The molecule has 0 saturated carbocycles. The highest BCUT2D eigenvalue weighted by Gasteiger charge is 2.44. The van der Waals surface area contributed by atoms with Crippen molar-refractivity contribution in [3.05, 3.63) is 0 Å². The first kappa shape index (κ1) is 11.3. The molecule has 0 aromatic rings. The molecule has 1 heterocycles. The number of rotatable bonds is 4. The lowest BCUT2D eigenvalue weighted by Crippen LogP contribution is -2.56. The molecule has 4 nitrogen and oxygen atoms in total. The molecule has 0 aromatic carbocycles. The monoisotopic (exact) mass is 209 g/mol. The van der Waals surface area contributed by atoms with E-state index in [1.54, 1.807) is 6.92 Å². The Bertz CT molecular complexity index is 227. The average molecular weight is 209 g/mol. The number of aliphatic carboxylic acids is 1. The first-order chi connectivity index (χ1) is 6.33. The predicted octanol–water partition coefficient (Wildman–Crippen LogP) is 0.0189. The van der Waals surface area contributed by atoms with Crippen LogP contribution in [0, 0.1) is 5.92 Å². The van der Waals surface area contributed by atoms with E-state index in [-0.39, 0.29) is 5.92 Å². The number of hydrogen-bond acceptors (Lipinski definition) is 3. The second kappa shape index (κ2) is 3.78. The molecule has 1 fully saturated rings. The SMILES string of the molecule is C[C@@H](O)C1CN(CC(F)(F)C(=O)O)C1. The second-order valence-electron chi connectivity index (χ2n) is 3.70. The minimum atomic E-state index is -3.69. The number of likely N-dealkylation sites (tertiary alicyclic amines) is 1. The Morgan fingerprint density at radius 3 is 2.50 bits per heavy atom. The molecule has 0 aliphatic carbocycles. The lowest BCUT2D eigenvalue weighted by atomic mass is 9.94. The van der Waals surface area contributed by atoms with Crippen molar-refractivity contribution in [1.82, 2.24) is 4.90 Å². The lowest BCUT2D eigenvalue weighted by molar-refractivity contribution is -0.170. The van der Waals surface area contributed by atoms with E-state index in [0.29, 0.717) is 13.1 Å². The molecule has 1 atom stereocenters. The van der Waals surface area contributed by atoms with Gasteiger partial charge in [0.15, 0.2) is 0 Å². The van der Waals surface area contributed by atoms with Gasteiger partial charge in [-0.25, -0.2) is 4.79 Å². The highest BCUT2D eigenvalue weighted by atomic mass is 19.3. The molecule has 6 heteroatoms. The molecular formula is C8H13F2NO3. The molecule has 82 valence electrons. The molecule has 1 aliphatic heterocycles. The Labute approximate surface area is 80.1 Å². The maximum absolute atomic E-state index is 12.6. The first-order valence-electron chi connectivity index (χ1n) is 4.34. The van der Waals surface area contributed by atoms with Crippen LogP contribution in [0.1, 0.15) is 6.92 Å². The number of alkyl halides is 2. The number of aliphatic hydroxyl groups excluding tert-OH is 1. The van der Waals surface area contributed by atoms with Gasteiger partial charge in [-0.2, -0.15) is 8.78 Å². The zero-order valence-electron chi connectivity index (χ0n) is 7.78. The van der Waals surface area contributed by atoms with Crippen LogP contribution in [0.25, 0.3) is 0 Å². The van der Waals surface area contributed by atoms with Crippen LogP contribution >= 0.6 is 0 Å². The first-order valence-corrected chi connectivity index (χ1v) is 4.34. The second-order valence-corrected chi connectivity index (χ2v) is 3.70. The molecule has 1 saturated heterocycles. The van der Waals surface area contributed by atoms with E-state index >= 15 is 0 Å². The normalized spacial score (nSPS) is 21.7. The summed E-state index contributed by atoms with van der Waals surface area (Å²) >= 11 is 0. The molecule has 0 spiro atoms. The smallest absolute Gasteiger partial charge is 0.375 e. The Hall–Kier alpha value is -0.750. The quantitative estimate of drug-likeness (QED) is 0.685. The van der Waals surface area contributed by atoms with Crippen LogP contribution in [-0.2, 0) is 4.79 Å². The molecule has 1 rings (SSSR count). The van der Waals surface area contributed by atoms with Crippen LogP contribution in [0.5, 0.6) is 0 Å². The van der Waals surface area contributed by atoms with Crippen molar-refractivity contribution in [2.75, 3.05) is 19.6 Å². The highest BCUT2D eigenvalue weighted by molar-refractivity contribution is 5.75. The molecule has 2 N–H and O–H groups in total. The van der Waals surface area contributed by atoms with Crippen LogP contribution in [-0.4, -0.2) is 52.7 Å². The number of carboxylic acid groups (broad SMARTS) is 1. The number of aliphatic hydroxyl groups is 1. The Kier molecular flexibility index (Phi) is 3.06. The summed E-state index contributed by atoms with van der Waals surface area (Å²) in [7, 11) is 0. The van der Waals surface area contributed by atoms with Crippen LogP contribution < -0.4 is 0 Å². The van der Waals surface area contributed by atoms with Gasteiger partial charge in [0.1, 0.15) is 0 Å². The Morgan fingerprint density at radius 2 is 2.14 bits per heavy atom. The van der Waals surface area contributed by atoms with Gasteiger partial charge in [-0.3, -0.25) is 4.90 Å². The number of hydrogen-bond donors (Lipinski definition) is 2. The molecule has 0 radical (unpaired) electrons. The van der Waals surface area contributed by atoms with Crippen LogP contribution in [0.2, 0.25) is 0 Å². The lowest BCUT2D eigenvalue weighted by Gasteiger charge is -2.41. The van der Waals surface area contributed by atoms with Crippen molar-refractivity contribution < 1.29 is 23.8 Å². The van der Waals surface area contributed by atoms with E-state index in [0.717, 1.165) is 0 Å². The van der Waals surface area contributed by atoms with Crippen molar-refractivity contribution in [3.8, 4) is 0 Å². The summed E-state index contributed by atoms with van der Waals surface area (Å²) in [6.07, 6.45) is -0.523. The van der Waals surface area contributed by atoms with Crippen LogP contribution in [0.3, 0.4) is 0 Å². The van der Waals surface area contributed by atoms with Gasteiger partial charge in [0.05, 0.1) is 12.6 Å². The summed E-state index contributed by atoms with van der Waals surface area (Å²) in [5.41, 5.74) is 0. The number of carboxylic acids is 1. The molecule has 0 amide bonds. The van der Waals surface area contributed by atoms with Crippen molar-refractivity contribution in [2.45, 2.75) is 19.0 Å². The summed E-state index contributed by atoms with van der Waals surface area (Å²) in [5.74, 6) is -5.80. The third-order valence-electron chi connectivity index (χ3n) is 2.40. The molecule has 0 bridgehead atoms. The van der Waals surface area contributed by atoms with Crippen molar-refractivity contribution in [1.29, 1.82) is 0 Å². The summed E-state index contributed by atoms with van der Waals surface area (Å²) in [4.78, 5) is 11.4. The fourth-order valence-electron chi connectivity index (χ4n) is 1.39. The largest absolute Gasteiger partial charge is 0.477 e. The summed E-state index contributed by atoms with van der Waals surface area (Å²) < 4.78 is 25.3. The van der Waals surface area contributed by atoms with Crippen LogP contribution in [0.4, 0.5) is 8.78 Å². The highest BCUT2D eigenvalue weighted by Crippen LogP contribution is 2.24. The number of nitrogens with zero attached hydrogens (tertiary/aromatic N) is 1. The van der Waals surface area contributed by atoms with E-state index in [2.05, 4.69) is 0 Å². The fourth-order valence-corrected chi connectivity index (χ4v) is 1.39. The summed E-state index contributed by atoms with van der Waals surface area (Å²) in [6, 6.07) is 0. The molecule has 1 aliphatic rings. The van der Waals surface area contributed by atoms with Gasteiger partial charge in [-0.15, -0.1) is 0 Å². The van der Waals surface area contributed by atoms with Gasteiger partial charge in [0.2, 0.25) is 0 Å². The Balaban J connectivity index is 2.32. The van der Waals surface area contributed by atoms with Crippen molar-refractivity contribution in [2.24, 2.45) is 5.92 Å². The van der Waals surface area contributed by atoms with Gasteiger partial charge in [-0.1, -0.05) is 0 Å². The topological polar surface area (TPSA) is 60.8 Å². The summed E-state index contributed by atoms with van der Waals surface area (Å²) in [6.45, 7) is 1.49. The molecule has 0 unspecified atom stereocenters. The van der Waals surface area contributed by atoms with Gasteiger partial charge in [-0.05, 0) is 6.92 Å². The minimum Gasteiger partial charge on any atom is -0.477 e. The standard InChI is InChI=1S/C8H13F2NO3/c1-5(12)6-2-11(3-6)4-8(9,10)7(13)14/h5-6,12H,2-4H2,1H3,(H,13,14)/t5-/m1/s1. The van der Waals surface area contributed by atoms with Gasteiger partial charge in [0.25, 0.3) is 0 Å². The van der Waals surface area contributed by atoms with Gasteiger partial charge >= 0.3 is 11.9 Å². The zero-order chi connectivity index (χ0) is 10.9. The van der Waals surface area contributed by atoms with Gasteiger partial charge in [0, 0.05) is 19.0 Å². The van der Waals surface area contributed by atoms with E-state index in [1.807, 2.05) is 0 Å². The fraction of sp³-hybridized carbons (Fsp3) is 0.875. The van der Waals surface area contributed by atoms with Gasteiger partial charge < -0.3 is 10.2 Å². The molecule has 14 heavy (non-hydrogen) atoms. The Morgan fingerprint density at radius 1 is 1.64 bits per heavy atom. The van der Waals surface area contributed by atoms with E-state index < -0.39 is 24.5 Å². The molecule has 0 aromatic heterocycles. The van der Waals surface area contributed by atoms with E-state index in [9.17, 15) is 13.6 Å². The maximum Gasteiger partial charge on any atom is 0.375 e. The predicted molar refractivity (Wildman–Crippen MR) is 44.2 cm³/mol. The third-order valence-corrected chi connectivity index (χ3v) is 2.40. The molecular weight excluding hydrogens is 196 g/mol. The van der Waals surface area contributed by atoms with Crippen LogP contribution in [0.15, 0.2) is 0 Å². The maximum atomic E-state index is 12.6. The number of carbonyl (C=O) groups is 1. The van der Waals surface area contributed by atoms with E-state index in [1.165, 1.54) is 4.90 Å². The summed E-state index contributed by atoms with van der Waals surface area (Å²) in [5, 5.41) is 17.2. The third kappa shape index (κ3) is 2.39. The van der Waals surface area contributed by atoms with E-state index in [4.69, 9.17) is 10.2 Å². The number of halogens is 2. The van der Waals surface area contributed by atoms with Crippen molar-refractivity contribution >= 4 is 5.97 Å².